The molecule has 3 aromatic rings. The average molecular weight is 428 g/mol. The van der Waals surface area contributed by atoms with Crippen LogP contribution in [0.4, 0.5) is 4.39 Å². The zero-order chi connectivity index (χ0) is 21.3. The first-order valence-electron chi connectivity index (χ1n) is 9.70. The van der Waals surface area contributed by atoms with Gasteiger partial charge in [0.15, 0.2) is 15.5 Å². The molecule has 1 atom stereocenters. The fourth-order valence-electron chi connectivity index (χ4n) is 3.57. The molecule has 6 nitrogen and oxygen atoms in total. The van der Waals surface area contributed by atoms with Crippen LogP contribution in [0.3, 0.4) is 0 Å². The highest BCUT2D eigenvalue weighted by Crippen LogP contribution is 2.30. The van der Waals surface area contributed by atoms with E-state index in [4.69, 9.17) is 0 Å². The van der Waals surface area contributed by atoms with E-state index in [0.717, 1.165) is 16.7 Å². The minimum atomic E-state index is -3.10. The Kier molecular flexibility index (Phi) is 5.42. The van der Waals surface area contributed by atoms with Gasteiger partial charge in [-0.15, -0.1) is 0 Å². The summed E-state index contributed by atoms with van der Waals surface area (Å²) in [5.41, 5.74) is 3.67. The van der Waals surface area contributed by atoms with E-state index in [-0.39, 0.29) is 41.5 Å². The Labute approximate surface area is 174 Å². The van der Waals surface area contributed by atoms with E-state index in [1.807, 2.05) is 31.2 Å². The smallest absolute Gasteiger partial charge is 0.272 e. The van der Waals surface area contributed by atoms with Gasteiger partial charge in [0.2, 0.25) is 0 Å². The number of halogens is 1. The molecule has 0 aliphatic carbocycles. The number of aromatic nitrogens is 2. The Morgan fingerprint density at radius 3 is 2.50 bits per heavy atom. The number of hydrogen-bond acceptors (Lipinski definition) is 4. The van der Waals surface area contributed by atoms with Crippen molar-refractivity contribution in [2.45, 2.75) is 25.9 Å². The van der Waals surface area contributed by atoms with E-state index in [0.29, 0.717) is 12.1 Å². The fourth-order valence-corrected chi connectivity index (χ4v) is 5.26. The second kappa shape index (κ2) is 8.02. The first-order valence-corrected chi connectivity index (χ1v) is 11.5. The number of sulfone groups is 1. The van der Waals surface area contributed by atoms with Crippen molar-refractivity contribution >= 4 is 15.7 Å². The average Bonchev–Trinajstić information content (AvgIpc) is 3.31. The van der Waals surface area contributed by atoms with Gasteiger partial charge in [-0.3, -0.25) is 9.48 Å². The Hall–Kier alpha value is -3.00. The Balaban J connectivity index is 1.61. The number of hydrogen-bond donors (Lipinski definition) is 1. The summed E-state index contributed by atoms with van der Waals surface area (Å²) < 4.78 is 38.7. The van der Waals surface area contributed by atoms with Gasteiger partial charge in [-0.25, -0.2) is 12.8 Å². The first-order chi connectivity index (χ1) is 14.3. The van der Waals surface area contributed by atoms with Gasteiger partial charge >= 0.3 is 0 Å². The molecule has 1 fully saturated rings. The molecule has 1 saturated heterocycles. The van der Waals surface area contributed by atoms with Crippen molar-refractivity contribution in [1.29, 1.82) is 0 Å². The third-order valence-electron chi connectivity index (χ3n) is 5.24. The lowest BCUT2D eigenvalue weighted by molar-refractivity contribution is 0.0945. The van der Waals surface area contributed by atoms with Crippen molar-refractivity contribution in [3.8, 4) is 11.3 Å². The van der Waals surface area contributed by atoms with Crippen LogP contribution in [0.5, 0.6) is 0 Å². The molecule has 0 radical (unpaired) electrons. The quantitative estimate of drug-likeness (QED) is 0.678. The number of carbonyl (C=O) groups is 1. The Morgan fingerprint density at radius 1 is 1.17 bits per heavy atom. The molecule has 1 aliphatic heterocycles. The van der Waals surface area contributed by atoms with E-state index in [1.54, 1.807) is 22.9 Å². The number of carbonyl (C=O) groups excluding carboxylic acids is 1. The molecule has 1 aliphatic rings. The molecule has 0 bridgehead atoms. The van der Waals surface area contributed by atoms with Crippen LogP contribution < -0.4 is 5.32 Å². The molecular formula is C22H22FN3O3S. The summed E-state index contributed by atoms with van der Waals surface area (Å²) >= 11 is 0. The zero-order valence-electron chi connectivity index (χ0n) is 16.5. The molecule has 2 heterocycles. The molecule has 2 aromatic carbocycles. The van der Waals surface area contributed by atoms with Gasteiger partial charge in [0.05, 0.1) is 23.2 Å². The van der Waals surface area contributed by atoms with Crippen LogP contribution in [0.1, 0.15) is 34.1 Å². The van der Waals surface area contributed by atoms with Crippen molar-refractivity contribution in [2.75, 3.05) is 11.5 Å². The second-order valence-corrected chi connectivity index (χ2v) is 9.82. The second-order valence-electron chi connectivity index (χ2n) is 7.59. The van der Waals surface area contributed by atoms with E-state index < -0.39 is 9.84 Å². The number of rotatable bonds is 5. The van der Waals surface area contributed by atoms with Crippen molar-refractivity contribution in [3.05, 3.63) is 77.2 Å². The van der Waals surface area contributed by atoms with E-state index in [9.17, 15) is 17.6 Å². The van der Waals surface area contributed by atoms with Crippen LogP contribution in [0.25, 0.3) is 11.3 Å². The molecule has 156 valence electrons. The Morgan fingerprint density at radius 2 is 1.87 bits per heavy atom. The summed E-state index contributed by atoms with van der Waals surface area (Å²) in [6.45, 7) is 2.22. The standard InChI is InChI=1S/C22H22FN3O3S/c1-15-2-6-17(7-3-15)21-12-20(25-26(21)19-10-11-30(28,29)14-19)22(27)24-13-16-4-8-18(23)9-5-16/h2-9,12,19H,10-11,13-14H2,1H3,(H,24,27). The molecule has 0 spiro atoms. The summed E-state index contributed by atoms with van der Waals surface area (Å²) in [4.78, 5) is 12.7. The number of amides is 1. The topological polar surface area (TPSA) is 81.1 Å². The first kappa shape index (κ1) is 20.3. The van der Waals surface area contributed by atoms with Crippen LogP contribution in [0.2, 0.25) is 0 Å². The molecule has 1 amide bonds. The molecule has 0 saturated carbocycles. The lowest BCUT2D eigenvalue weighted by Crippen LogP contribution is -2.24. The highest BCUT2D eigenvalue weighted by molar-refractivity contribution is 7.91. The van der Waals surface area contributed by atoms with Gasteiger partial charge in [-0.05, 0) is 42.7 Å². The minimum Gasteiger partial charge on any atom is -0.347 e. The van der Waals surface area contributed by atoms with Gasteiger partial charge in [-0.2, -0.15) is 5.10 Å². The normalized spacial score (nSPS) is 17.7. The van der Waals surface area contributed by atoms with E-state index >= 15 is 0 Å². The maximum atomic E-state index is 13.0. The molecule has 1 unspecified atom stereocenters. The summed E-state index contributed by atoms with van der Waals surface area (Å²) in [6, 6.07) is 15.1. The van der Waals surface area contributed by atoms with Crippen molar-refractivity contribution in [3.63, 3.8) is 0 Å². The van der Waals surface area contributed by atoms with Gasteiger partial charge in [0.25, 0.3) is 5.91 Å². The van der Waals surface area contributed by atoms with Crippen molar-refractivity contribution < 1.29 is 17.6 Å². The SMILES string of the molecule is Cc1ccc(-c2cc(C(=O)NCc3ccc(F)cc3)nn2C2CCS(=O)(=O)C2)cc1. The van der Waals surface area contributed by atoms with Gasteiger partial charge in [0, 0.05) is 6.54 Å². The van der Waals surface area contributed by atoms with Crippen LogP contribution in [-0.4, -0.2) is 35.6 Å². The van der Waals surface area contributed by atoms with E-state index in [2.05, 4.69) is 10.4 Å². The number of nitrogens with zero attached hydrogens (tertiary/aromatic N) is 2. The molecular weight excluding hydrogens is 405 g/mol. The number of benzene rings is 2. The Bertz CT molecular complexity index is 1170. The lowest BCUT2D eigenvalue weighted by Gasteiger charge is -2.13. The molecule has 30 heavy (non-hydrogen) atoms. The van der Waals surface area contributed by atoms with Crippen LogP contribution in [0.15, 0.2) is 54.6 Å². The molecule has 1 N–H and O–H groups in total. The molecule has 8 heteroatoms. The predicted octanol–water partition coefficient (Wildman–Crippen LogP) is 3.29. The largest absolute Gasteiger partial charge is 0.347 e. The van der Waals surface area contributed by atoms with Crippen LogP contribution >= 0.6 is 0 Å². The number of aryl methyl sites for hydroxylation is 1. The lowest BCUT2D eigenvalue weighted by atomic mass is 10.1. The fraction of sp³-hybridized carbons (Fsp3) is 0.273. The van der Waals surface area contributed by atoms with Crippen LogP contribution in [-0.2, 0) is 16.4 Å². The summed E-state index contributed by atoms with van der Waals surface area (Å²) in [6.07, 6.45) is 0.472. The predicted molar refractivity (Wildman–Crippen MR) is 112 cm³/mol. The maximum Gasteiger partial charge on any atom is 0.272 e. The van der Waals surface area contributed by atoms with Gasteiger partial charge in [0.1, 0.15) is 5.82 Å². The monoisotopic (exact) mass is 427 g/mol. The van der Waals surface area contributed by atoms with Gasteiger partial charge in [-0.1, -0.05) is 42.0 Å². The van der Waals surface area contributed by atoms with E-state index in [1.165, 1.54) is 12.1 Å². The van der Waals surface area contributed by atoms with Gasteiger partial charge < -0.3 is 5.32 Å². The minimum absolute atomic E-state index is 0.0180. The van der Waals surface area contributed by atoms with Crippen LogP contribution in [0, 0.1) is 12.7 Å². The highest BCUT2D eigenvalue weighted by Gasteiger charge is 2.32. The maximum absolute atomic E-state index is 13.0. The molecule has 4 rings (SSSR count). The van der Waals surface area contributed by atoms with Crippen molar-refractivity contribution in [1.82, 2.24) is 15.1 Å². The zero-order valence-corrected chi connectivity index (χ0v) is 17.3. The third-order valence-corrected chi connectivity index (χ3v) is 6.99. The third kappa shape index (κ3) is 4.43. The van der Waals surface area contributed by atoms with Crippen molar-refractivity contribution in [2.24, 2.45) is 0 Å². The molecule has 1 aromatic heterocycles. The highest BCUT2D eigenvalue weighted by atomic mass is 32.2. The number of nitrogens with one attached hydrogen (secondary N) is 1. The summed E-state index contributed by atoms with van der Waals surface area (Å²) in [5, 5.41) is 7.25. The summed E-state index contributed by atoms with van der Waals surface area (Å²) in [7, 11) is -3.10. The summed E-state index contributed by atoms with van der Waals surface area (Å²) in [5.74, 6) is -0.563.